The van der Waals surface area contributed by atoms with Gasteiger partial charge in [-0.1, -0.05) is 208 Å². The molecule has 0 fully saturated rings. The standard InChI is InChI=1S/C18H10N2.C12H6O2.C6H8N2.8C2H6/c1-2-10-15-14(9-1)19-17-12-7-3-5-11-6-4-8-13(16(11)12)18(17)20-15;13-11-8-5-1-3-7-4-2-6-9(10(7)8)12(11)14;7-5-3-1-2-4-6(5)8;8*1-2/h1-10H;1-6H;1-4H,7-8H2;8*1-2H3. The molecule has 0 aliphatic heterocycles. The number of carbonyl (C=O) groups is 2. The third-order valence-electron chi connectivity index (χ3n) is 7.58. The zero-order chi connectivity index (χ0) is 44.8. The summed E-state index contributed by atoms with van der Waals surface area (Å²) in [5.41, 5.74) is 19.5. The highest BCUT2D eigenvalue weighted by Gasteiger charge is 2.30. The van der Waals surface area contributed by atoms with E-state index in [1.165, 1.54) is 21.9 Å². The van der Waals surface area contributed by atoms with Gasteiger partial charge in [0.25, 0.3) is 0 Å². The van der Waals surface area contributed by atoms with Gasteiger partial charge in [0.15, 0.2) is 0 Å². The fraction of sp³-hybridized carbons (Fsp3) is 0.308. The van der Waals surface area contributed by atoms with E-state index < -0.39 is 0 Å². The Hall–Kier alpha value is -5.88. The van der Waals surface area contributed by atoms with E-state index in [2.05, 4.69) is 36.4 Å². The molecular formula is C52H72N4O2. The van der Waals surface area contributed by atoms with Gasteiger partial charge in [-0.15, -0.1) is 0 Å². The molecule has 6 aromatic carbocycles. The fourth-order valence-corrected chi connectivity index (χ4v) is 5.59. The van der Waals surface area contributed by atoms with Crippen LogP contribution in [0.5, 0.6) is 0 Å². The largest absolute Gasteiger partial charge is 0.397 e. The van der Waals surface area contributed by atoms with Gasteiger partial charge in [0.05, 0.1) is 33.8 Å². The fourth-order valence-electron chi connectivity index (χ4n) is 5.59. The first-order chi connectivity index (χ1) is 28.5. The number of benzene rings is 6. The van der Waals surface area contributed by atoms with Crippen LogP contribution in [0.2, 0.25) is 0 Å². The van der Waals surface area contributed by atoms with E-state index >= 15 is 0 Å². The molecule has 1 heterocycles. The molecule has 7 aromatic rings. The molecule has 58 heavy (non-hydrogen) atoms. The summed E-state index contributed by atoms with van der Waals surface area (Å²) < 4.78 is 0. The Balaban J connectivity index is 0. The number of rotatable bonds is 0. The monoisotopic (exact) mass is 785 g/mol. The van der Waals surface area contributed by atoms with E-state index in [9.17, 15) is 9.59 Å². The lowest BCUT2D eigenvalue weighted by Gasteiger charge is -2.02. The number of ketones is 2. The summed E-state index contributed by atoms with van der Waals surface area (Å²) in [6.45, 7) is 32.0. The molecule has 0 saturated carbocycles. The van der Waals surface area contributed by atoms with Gasteiger partial charge in [0.1, 0.15) is 0 Å². The number of aromatic nitrogens is 2. The molecule has 2 aliphatic carbocycles. The summed E-state index contributed by atoms with van der Waals surface area (Å²) in [5.74, 6) is -0.756. The molecule has 0 amide bonds. The van der Waals surface area contributed by atoms with Crippen LogP contribution in [0, 0.1) is 0 Å². The maximum atomic E-state index is 11.5. The minimum Gasteiger partial charge on any atom is -0.397 e. The highest BCUT2D eigenvalue weighted by atomic mass is 16.2. The molecule has 0 spiro atoms. The van der Waals surface area contributed by atoms with Crippen LogP contribution in [0.1, 0.15) is 131 Å². The number of hydrogen-bond acceptors (Lipinski definition) is 6. The zero-order valence-corrected chi connectivity index (χ0v) is 38.4. The lowest BCUT2D eigenvalue weighted by atomic mass is 10.0. The number of fused-ring (bicyclic) bond motifs is 4. The molecule has 0 radical (unpaired) electrons. The van der Waals surface area contributed by atoms with Crippen LogP contribution in [-0.4, -0.2) is 21.5 Å². The van der Waals surface area contributed by atoms with Crippen LogP contribution in [0.3, 0.4) is 0 Å². The number of nitrogens with zero attached hydrogens (tertiary/aromatic N) is 2. The topological polar surface area (TPSA) is 112 Å². The van der Waals surface area contributed by atoms with Gasteiger partial charge >= 0.3 is 0 Å². The second-order valence-electron chi connectivity index (χ2n) is 10.1. The van der Waals surface area contributed by atoms with E-state index in [0.717, 1.165) is 33.2 Å². The van der Waals surface area contributed by atoms with Gasteiger partial charge in [-0.25, -0.2) is 9.97 Å². The van der Waals surface area contributed by atoms with E-state index in [-0.39, 0.29) is 11.6 Å². The first-order valence-corrected chi connectivity index (χ1v) is 21.5. The number of Topliss-reactive ketones (excluding diaryl/α,β-unsaturated/α-hetero) is 2. The van der Waals surface area contributed by atoms with Gasteiger partial charge in [-0.05, 0) is 35.0 Å². The number of nitrogens with two attached hydrogens (primary N) is 2. The van der Waals surface area contributed by atoms with Gasteiger partial charge in [-0.2, -0.15) is 0 Å². The minimum absolute atomic E-state index is 0.378. The lowest BCUT2D eigenvalue weighted by Crippen LogP contribution is -2.05. The summed E-state index contributed by atoms with van der Waals surface area (Å²) >= 11 is 0. The molecule has 2 aliphatic rings. The third-order valence-corrected chi connectivity index (χ3v) is 7.58. The number of anilines is 2. The highest BCUT2D eigenvalue weighted by molar-refractivity contribution is 6.57. The Bertz CT molecular complexity index is 2080. The summed E-state index contributed by atoms with van der Waals surface area (Å²) in [5, 5.41) is 4.30. The van der Waals surface area contributed by atoms with Crippen molar-refractivity contribution in [1.82, 2.24) is 9.97 Å². The maximum Gasteiger partial charge on any atom is 0.234 e. The lowest BCUT2D eigenvalue weighted by molar-refractivity contribution is 0.0825. The van der Waals surface area contributed by atoms with Crippen molar-refractivity contribution in [3.05, 3.63) is 132 Å². The molecule has 6 nitrogen and oxygen atoms in total. The second-order valence-corrected chi connectivity index (χ2v) is 10.1. The predicted octanol–water partition coefficient (Wildman–Crippen LogP) is 15.7. The first kappa shape index (κ1) is 54.2. The molecule has 4 N–H and O–H groups in total. The van der Waals surface area contributed by atoms with Crippen molar-refractivity contribution in [3.8, 4) is 22.5 Å². The first-order valence-electron chi connectivity index (χ1n) is 21.5. The Morgan fingerprint density at radius 2 is 0.586 bits per heavy atom. The van der Waals surface area contributed by atoms with Gasteiger partial charge in [0, 0.05) is 33.0 Å². The average Bonchev–Trinajstić information content (AvgIpc) is 3.78. The van der Waals surface area contributed by atoms with E-state index in [0.29, 0.717) is 22.5 Å². The molecular weight excluding hydrogens is 713 g/mol. The number of nitrogen functional groups attached to an aromatic ring is 2. The van der Waals surface area contributed by atoms with Crippen LogP contribution >= 0.6 is 0 Å². The van der Waals surface area contributed by atoms with Crippen LogP contribution < -0.4 is 11.5 Å². The van der Waals surface area contributed by atoms with Crippen LogP contribution in [0.15, 0.2) is 121 Å². The van der Waals surface area contributed by atoms with Gasteiger partial charge in [-0.3, -0.25) is 9.59 Å². The Kier molecular flexibility index (Phi) is 29.2. The molecule has 312 valence electrons. The minimum atomic E-state index is -0.378. The van der Waals surface area contributed by atoms with E-state index in [1.54, 1.807) is 36.4 Å². The number of carbonyl (C=O) groups excluding carboxylic acids is 2. The van der Waals surface area contributed by atoms with Crippen LogP contribution in [0.25, 0.3) is 55.1 Å². The highest BCUT2D eigenvalue weighted by Crippen LogP contribution is 2.45. The Morgan fingerprint density at radius 1 is 0.328 bits per heavy atom. The number of para-hydroxylation sites is 4. The van der Waals surface area contributed by atoms with Gasteiger partial charge in [0.2, 0.25) is 11.6 Å². The van der Waals surface area contributed by atoms with Crippen molar-refractivity contribution >= 4 is 55.5 Å². The molecule has 9 rings (SSSR count). The summed E-state index contributed by atoms with van der Waals surface area (Å²) in [6.07, 6.45) is 0. The zero-order valence-electron chi connectivity index (χ0n) is 38.4. The quantitative estimate of drug-likeness (QED) is 0.117. The molecule has 6 heteroatoms. The SMILES string of the molecule is CC.CC.CC.CC.CC.CC.CC.CC.Nc1ccccc1N.O=C1C(=O)c2cccc3cccc1c23.c1cc2c3c(cccc3c1)-c1nc3ccccc3nc1-2. The molecule has 0 unspecified atom stereocenters. The summed E-state index contributed by atoms with van der Waals surface area (Å²) in [6, 6.07) is 38.9. The third kappa shape index (κ3) is 13.1. The van der Waals surface area contributed by atoms with E-state index in [4.69, 9.17) is 21.4 Å². The maximum absolute atomic E-state index is 11.5. The summed E-state index contributed by atoms with van der Waals surface area (Å²) in [7, 11) is 0. The van der Waals surface area contributed by atoms with Crippen molar-refractivity contribution in [3.63, 3.8) is 0 Å². The molecule has 0 bridgehead atoms. The van der Waals surface area contributed by atoms with Gasteiger partial charge < -0.3 is 11.5 Å². The average molecular weight is 785 g/mol. The van der Waals surface area contributed by atoms with Crippen molar-refractivity contribution < 1.29 is 9.59 Å². The molecule has 0 saturated heterocycles. The predicted molar refractivity (Wildman–Crippen MR) is 260 cm³/mol. The summed E-state index contributed by atoms with van der Waals surface area (Å²) in [4.78, 5) is 32.7. The second kappa shape index (κ2) is 31.2. The van der Waals surface area contributed by atoms with Crippen molar-refractivity contribution in [1.29, 1.82) is 0 Å². The molecule has 1 aromatic heterocycles. The number of hydrogen-bond donors (Lipinski definition) is 2. The van der Waals surface area contributed by atoms with Crippen LogP contribution in [-0.2, 0) is 0 Å². The van der Waals surface area contributed by atoms with Crippen molar-refractivity contribution in [2.45, 2.75) is 111 Å². The van der Waals surface area contributed by atoms with Crippen LogP contribution in [0.4, 0.5) is 11.4 Å². The Labute approximate surface area is 351 Å². The van der Waals surface area contributed by atoms with Crippen molar-refractivity contribution in [2.24, 2.45) is 0 Å². The molecule has 0 atom stereocenters. The van der Waals surface area contributed by atoms with E-state index in [1.807, 2.05) is 159 Å². The Morgan fingerprint density at radius 3 is 0.879 bits per heavy atom. The normalized spacial score (nSPS) is 9.59. The van der Waals surface area contributed by atoms with Crippen molar-refractivity contribution in [2.75, 3.05) is 11.5 Å². The smallest absolute Gasteiger partial charge is 0.234 e.